The normalized spacial score (nSPS) is 14.4. The number of rotatable bonds is 6. The van der Waals surface area contributed by atoms with E-state index in [1.54, 1.807) is 0 Å². The Labute approximate surface area is 359 Å². The fourth-order valence-corrected chi connectivity index (χ4v) is 11.0. The van der Waals surface area contributed by atoms with Gasteiger partial charge in [-0.1, -0.05) is 188 Å². The molecule has 0 spiro atoms. The average Bonchev–Trinajstić information content (AvgIpc) is 3.84. The summed E-state index contributed by atoms with van der Waals surface area (Å²) >= 11 is 1.83. The first-order valence-corrected chi connectivity index (χ1v) is 21.7. The topological polar surface area (TPSA) is 25.8 Å². The Morgan fingerprint density at radius 3 is 1.75 bits per heavy atom. The maximum absolute atomic E-state index is 5.30. The molecule has 286 valence electrons. The minimum atomic E-state index is -0.252. The molecule has 0 saturated heterocycles. The Hall–Kier alpha value is -7.46. The quantitative estimate of drug-likeness (QED) is 0.168. The molecular formula is C58H38N2S. The summed E-state index contributed by atoms with van der Waals surface area (Å²) in [7, 11) is 0. The lowest BCUT2D eigenvalue weighted by Crippen LogP contribution is -2.22. The van der Waals surface area contributed by atoms with Crippen LogP contribution < -0.4 is 0 Å². The summed E-state index contributed by atoms with van der Waals surface area (Å²) in [5.41, 5.74) is 16.2. The van der Waals surface area contributed by atoms with E-state index < -0.39 is 0 Å². The van der Waals surface area contributed by atoms with Crippen LogP contribution in [0.25, 0.3) is 98.2 Å². The Morgan fingerprint density at radius 2 is 0.918 bits per heavy atom. The molecule has 1 atom stereocenters. The van der Waals surface area contributed by atoms with E-state index in [-0.39, 0.29) is 5.41 Å². The van der Waals surface area contributed by atoms with E-state index in [9.17, 15) is 0 Å². The van der Waals surface area contributed by atoms with Crippen LogP contribution in [0, 0.1) is 0 Å². The van der Waals surface area contributed by atoms with Crippen LogP contribution in [0.2, 0.25) is 0 Å². The minimum absolute atomic E-state index is 0.252. The van der Waals surface area contributed by atoms with Crippen LogP contribution in [0.1, 0.15) is 23.6 Å². The third-order valence-electron chi connectivity index (χ3n) is 12.8. The number of benzene rings is 9. The van der Waals surface area contributed by atoms with Crippen molar-refractivity contribution in [1.29, 1.82) is 0 Å². The summed E-state index contributed by atoms with van der Waals surface area (Å²) in [5.74, 6) is 0.716. The van der Waals surface area contributed by atoms with E-state index in [4.69, 9.17) is 9.97 Å². The van der Waals surface area contributed by atoms with Crippen molar-refractivity contribution in [3.8, 4) is 67.3 Å². The maximum Gasteiger partial charge on any atom is 0.160 e. The summed E-state index contributed by atoms with van der Waals surface area (Å²) in [6, 6.07) is 77.0. The zero-order valence-corrected chi connectivity index (χ0v) is 34.3. The fourth-order valence-electron chi connectivity index (χ4n) is 9.78. The van der Waals surface area contributed by atoms with Crippen LogP contribution in [-0.4, -0.2) is 9.97 Å². The SMILES string of the molecule is CC1(c2ccccc2)c2ccccc2-c2ccc(-c3cccc(-c4ccc(-c5cc(-c6cccc7c6sc6ccccc67)nc(-c6ccccc6)n5)c5ccccc45)c3)cc21. The predicted octanol–water partition coefficient (Wildman–Crippen LogP) is 15.7. The van der Waals surface area contributed by atoms with Gasteiger partial charge in [-0.25, -0.2) is 9.97 Å². The molecule has 0 saturated carbocycles. The zero-order chi connectivity index (χ0) is 40.5. The van der Waals surface area contributed by atoms with E-state index in [2.05, 4.69) is 213 Å². The van der Waals surface area contributed by atoms with Gasteiger partial charge in [0, 0.05) is 42.3 Å². The van der Waals surface area contributed by atoms with Gasteiger partial charge in [0.1, 0.15) is 0 Å². The second kappa shape index (κ2) is 14.1. The predicted molar refractivity (Wildman–Crippen MR) is 257 cm³/mol. The molecule has 61 heavy (non-hydrogen) atoms. The summed E-state index contributed by atoms with van der Waals surface area (Å²) in [6.45, 7) is 2.38. The van der Waals surface area contributed by atoms with Crippen LogP contribution in [0.3, 0.4) is 0 Å². The zero-order valence-electron chi connectivity index (χ0n) is 33.5. The first-order valence-electron chi connectivity index (χ1n) is 20.9. The van der Waals surface area contributed by atoms with E-state index in [1.807, 2.05) is 17.4 Å². The molecule has 0 N–H and O–H groups in total. The van der Waals surface area contributed by atoms with Gasteiger partial charge in [-0.15, -0.1) is 11.3 Å². The first-order chi connectivity index (χ1) is 30.1. The molecule has 1 unspecified atom stereocenters. The molecule has 12 rings (SSSR count). The van der Waals surface area contributed by atoms with Crippen LogP contribution in [0.15, 0.2) is 212 Å². The van der Waals surface area contributed by atoms with Crippen molar-refractivity contribution < 1.29 is 0 Å². The van der Waals surface area contributed by atoms with Gasteiger partial charge < -0.3 is 0 Å². The molecule has 1 aliphatic carbocycles. The molecule has 0 fully saturated rings. The largest absolute Gasteiger partial charge is 0.228 e. The van der Waals surface area contributed by atoms with Crippen LogP contribution in [0.4, 0.5) is 0 Å². The van der Waals surface area contributed by atoms with E-state index in [0.717, 1.165) is 33.5 Å². The van der Waals surface area contributed by atoms with Gasteiger partial charge in [0.05, 0.1) is 11.4 Å². The Balaban J connectivity index is 0.985. The number of fused-ring (bicyclic) bond motifs is 7. The van der Waals surface area contributed by atoms with Gasteiger partial charge in [-0.2, -0.15) is 0 Å². The van der Waals surface area contributed by atoms with E-state index in [0.29, 0.717) is 5.82 Å². The standard InChI is InChI=1S/C58H38N2S/c1-58(41-20-6-3-7-21-41)51-28-12-10-24-45(51)46-31-30-39(35-52(46)58)38-18-14-19-40(34-38)42-32-33-47(44-23-9-8-22-43(42)44)53-36-54(60-57(59-53)37-16-4-2-5-17-37)50-27-15-26-49-48-25-11-13-29-55(48)61-56(49)50/h2-36H,1H3. The van der Waals surface area contributed by atoms with Crippen molar-refractivity contribution in [2.24, 2.45) is 0 Å². The van der Waals surface area contributed by atoms with E-state index in [1.165, 1.54) is 75.6 Å². The van der Waals surface area contributed by atoms with Crippen molar-refractivity contribution in [3.63, 3.8) is 0 Å². The van der Waals surface area contributed by atoms with Gasteiger partial charge in [-0.3, -0.25) is 0 Å². The lowest BCUT2D eigenvalue weighted by atomic mass is 9.74. The highest BCUT2D eigenvalue weighted by Gasteiger charge is 2.40. The molecule has 9 aromatic carbocycles. The van der Waals surface area contributed by atoms with Crippen molar-refractivity contribution in [2.75, 3.05) is 0 Å². The number of hydrogen-bond acceptors (Lipinski definition) is 3. The molecule has 2 heterocycles. The molecule has 11 aromatic rings. The summed E-state index contributed by atoms with van der Waals surface area (Å²) in [6.07, 6.45) is 0. The highest BCUT2D eigenvalue weighted by molar-refractivity contribution is 7.26. The number of nitrogens with zero attached hydrogens (tertiary/aromatic N) is 2. The summed E-state index contributed by atoms with van der Waals surface area (Å²) in [5, 5.41) is 4.88. The average molecular weight is 795 g/mol. The second-order valence-electron chi connectivity index (χ2n) is 16.2. The molecule has 0 aliphatic heterocycles. The third kappa shape index (κ3) is 5.69. The number of hydrogen-bond donors (Lipinski definition) is 0. The lowest BCUT2D eigenvalue weighted by molar-refractivity contribution is 0.714. The van der Waals surface area contributed by atoms with Gasteiger partial charge in [0.2, 0.25) is 0 Å². The van der Waals surface area contributed by atoms with Crippen LogP contribution in [-0.2, 0) is 5.41 Å². The van der Waals surface area contributed by atoms with E-state index >= 15 is 0 Å². The fraction of sp³-hybridized carbons (Fsp3) is 0.0345. The minimum Gasteiger partial charge on any atom is -0.228 e. The third-order valence-corrected chi connectivity index (χ3v) is 14.0. The Morgan fingerprint density at radius 1 is 0.361 bits per heavy atom. The number of thiophene rings is 1. The van der Waals surface area contributed by atoms with Crippen LogP contribution in [0.5, 0.6) is 0 Å². The van der Waals surface area contributed by atoms with Gasteiger partial charge >= 0.3 is 0 Å². The molecule has 2 nitrogen and oxygen atoms in total. The monoisotopic (exact) mass is 794 g/mol. The molecule has 0 radical (unpaired) electrons. The highest BCUT2D eigenvalue weighted by atomic mass is 32.1. The van der Waals surface area contributed by atoms with Crippen molar-refractivity contribution in [1.82, 2.24) is 9.97 Å². The molecule has 0 amide bonds. The first kappa shape index (κ1) is 35.5. The summed E-state index contributed by atoms with van der Waals surface area (Å²) in [4.78, 5) is 10.6. The maximum atomic E-state index is 5.30. The van der Waals surface area contributed by atoms with Crippen molar-refractivity contribution in [3.05, 3.63) is 229 Å². The Bertz CT molecular complexity index is 3490. The highest BCUT2D eigenvalue weighted by Crippen LogP contribution is 2.53. The Kier molecular flexibility index (Phi) is 8.19. The van der Waals surface area contributed by atoms with Crippen molar-refractivity contribution in [2.45, 2.75) is 12.3 Å². The van der Waals surface area contributed by atoms with Crippen molar-refractivity contribution >= 4 is 42.3 Å². The number of aromatic nitrogens is 2. The molecule has 0 bridgehead atoms. The van der Waals surface area contributed by atoms with Crippen LogP contribution >= 0.6 is 11.3 Å². The molecule has 3 heteroatoms. The summed E-state index contributed by atoms with van der Waals surface area (Å²) < 4.78 is 2.52. The molecule has 2 aromatic heterocycles. The molecule has 1 aliphatic rings. The lowest BCUT2D eigenvalue weighted by Gasteiger charge is -2.28. The smallest absolute Gasteiger partial charge is 0.160 e. The van der Waals surface area contributed by atoms with Gasteiger partial charge in [0.15, 0.2) is 5.82 Å². The van der Waals surface area contributed by atoms with Gasteiger partial charge in [0.25, 0.3) is 0 Å². The second-order valence-corrected chi connectivity index (χ2v) is 17.2. The molecular weight excluding hydrogens is 757 g/mol. The van der Waals surface area contributed by atoms with Gasteiger partial charge in [-0.05, 0) is 92.0 Å².